The molecule has 1 aliphatic heterocycles. The minimum absolute atomic E-state index is 0.0804. The molecule has 0 spiro atoms. The fourth-order valence-electron chi connectivity index (χ4n) is 5.09. The third-order valence-electron chi connectivity index (χ3n) is 7.23. The summed E-state index contributed by atoms with van der Waals surface area (Å²) >= 11 is 4.79. The SMILES string of the molecule is CCOC(=O)C1=C(C)N=c2s/c(=C\c3ccc(OCc4ccc(C(=O)O)cc4)c(Br)c3)c(=O)n2[C@@H]1c1ccc(OC(C)C)c(OC)c1. The standard InChI is InChI=1S/C35H33BrN2O8S/c1-6-44-34(42)30-20(4)37-35-38(31(30)24-12-14-27(46-19(2)3)28(17-24)43-5)32(39)29(47-35)16-22-9-13-26(25(36)15-22)45-18-21-7-10-23(11-8-21)33(40)41/h7-17,19,31H,6,18H2,1-5H3,(H,40,41)/b29-16-/t31-/m1/s1. The van der Waals surface area contributed by atoms with E-state index in [1.165, 1.54) is 35.1 Å². The number of methoxy groups -OCH3 is 1. The number of nitrogens with zero attached hydrogens (tertiary/aromatic N) is 2. The largest absolute Gasteiger partial charge is 0.493 e. The van der Waals surface area contributed by atoms with Crippen molar-refractivity contribution in [3.8, 4) is 17.2 Å². The molecule has 4 aromatic rings. The van der Waals surface area contributed by atoms with E-state index in [2.05, 4.69) is 20.9 Å². The third kappa shape index (κ3) is 7.34. The first kappa shape index (κ1) is 33.7. The van der Waals surface area contributed by atoms with E-state index >= 15 is 0 Å². The van der Waals surface area contributed by atoms with Gasteiger partial charge in [0.2, 0.25) is 0 Å². The van der Waals surface area contributed by atoms with Crippen LogP contribution in [-0.4, -0.2) is 41.4 Å². The summed E-state index contributed by atoms with van der Waals surface area (Å²) < 4.78 is 25.5. The molecular formula is C35H33BrN2O8S. The average Bonchev–Trinajstić information content (AvgIpc) is 3.33. The Hall–Kier alpha value is -4.68. The van der Waals surface area contributed by atoms with Gasteiger partial charge < -0.3 is 24.1 Å². The molecule has 0 radical (unpaired) electrons. The predicted octanol–water partition coefficient (Wildman–Crippen LogP) is 5.63. The van der Waals surface area contributed by atoms with Crippen molar-refractivity contribution >= 4 is 45.3 Å². The van der Waals surface area contributed by atoms with Gasteiger partial charge in [0.1, 0.15) is 12.4 Å². The van der Waals surface area contributed by atoms with Crippen molar-refractivity contribution in [2.45, 2.75) is 46.4 Å². The van der Waals surface area contributed by atoms with E-state index in [0.29, 0.717) is 42.3 Å². The third-order valence-corrected chi connectivity index (χ3v) is 8.83. The van der Waals surface area contributed by atoms with Crippen molar-refractivity contribution in [1.82, 2.24) is 4.57 Å². The van der Waals surface area contributed by atoms with Gasteiger partial charge in [-0.25, -0.2) is 14.6 Å². The second-order valence-corrected chi connectivity index (χ2v) is 12.7. The predicted molar refractivity (Wildman–Crippen MR) is 181 cm³/mol. The monoisotopic (exact) mass is 720 g/mol. The van der Waals surface area contributed by atoms with Crippen LogP contribution in [0.2, 0.25) is 0 Å². The summed E-state index contributed by atoms with van der Waals surface area (Å²) in [5.74, 6) is 0.0671. The molecule has 0 unspecified atom stereocenters. The van der Waals surface area contributed by atoms with Crippen LogP contribution in [0.25, 0.3) is 6.08 Å². The lowest BCUT2D eigenvalue weighted by Crippen LogP contribution is -2.40. The molecule has 1 aromatic heterocycles. The number of esters is 1. The van der Waals surface area contributed by atoms with Crippen LogP contribution in [0.4, 0.5) is 0 Å². The number of benzene rings is 3. The summed E-state index contributed by atoms with van der Waals surface area (Å²) in [7, 11) is 1.54. The molecule has 12 heteroatoms. The minimum atomic E-state index is -0.987. The molecule has 0 bridgehead atoms. The topological polar surface area (TPSA) is 126 Å². The van der Waals surface area contributed by atoms with Gasteiger partial charge >= 0.3 is 11.9 Å². The van der Waals surface area contributed by atoms with Crippen LogP contribution in [0, 0.1) is 0 Å². The molecule has 1 aliphatic rings. The Morgan fingerprint density at radius 3 is 2.43 bits per heavy atom. The first-order valence-corrected chi connectivity index (χ1v) is 16.4. The lowest BCUT2D eigenvalue weighted by atomic mass is 9.95. The number of fused-ring (bicyclic) bond motifs is 1. The van der Waals surface area contributed by atoms with E-state index in [1.54, 1.807) is 50.3 Å². The van der Waals surface area contributed by atoms with Crippen LogP contribution >= 0.6 is 27.3 Å². The molecular weight excluding hydrogens is 688 g/mol. The Morgan fingerprint density at radius 2 is 1.79 bits per heavy atom. The quantitative estimate of drug-likeness (QED) is 0.198. The summed E-state index contributed by atoms with van der Waals surface area (Å²) in [5, 5.41) is 9.10. The van der Waals surface area contributed by atoms with Gasteiger partial charge in [0.05, 0.1) is 51.7 Å². The number of allylic oxidation sites excluding steroid dienone is 1. The van der Waals surface area contributed by atoms with E-state index < -0.39 is 18.0 Å². The van der Waals surface area contributed by atoms with Gasteiger partial charge in [-0.2, -0.15) is 0 Å². The van der Waals surface area contributed by atoms with Gasteiger partial charge in [0.15, 0.2) is 16.3 Å². The van der Waals surface area contributed by atoms with Crippen molar-refractivity contribution in [3.63, 3.8) is 0 Å². The minimum Gasteiger partial charge on any atom is -0.493 e. The van der Waals surface area contributed by atoms with Gasteiger partial charge in [0.25, 0.3) is 5.56 Å². The smallest absolute Gasteiger partial charge is 0.338 e. The molecule has 3 aromatic carbocycles. The highest BCUT2D eigenvalue weighted by atomic mass is 79.9. The first-order valence-electron chi connectivity index (χ1n) is 14.8. The molecule has 0 aliphatic carbocycles. The van der Waals surface area contributed by atoms with Gasteiger partial charge in [-0.05, 0) is 103 Å². The number of aromatic nitrogens is 1. The number of hydrogen-bond acceptors (Lipinski definition) is 9. The first-order chi connectivity index (χ1) is 22.5. The van der Waals surface area contributed by atoms with Crippen LogP contribution in [0.5, 0.6) is 17.2 Å². The lowest BCUT2D eigenvalue weighted by Gasteiger charge is -2.25. The number of rotatable bonds is 11. The van der Waals surface area contributed by atoms with Crippen molar-refractivity contribution in [3.05, 3.63) is 118 Å². The number of halogens is 1. The molecule has 0 saturated heterocycles. The number of aromatic carboxylic acids is 1. The summed E-state index contributed by atoms with van der Waals surface area (Å²) in [6, 6.07) is 16.5. The van der Waals surface area contributed by atoms with Crippen molar-refractivity contribution in [2.24, 2.45) is 4.99 Å². The Labute approximate surface area is 283 Å². The molecule has 1 atom stereocenters. The molecule has 0 saturated carbocycles. The number of carbonyl (C=O) groups excluding carboxylic acids is 1. The number of carbonyl (C=O) groups is 2. The highest BCUT2D eigenvalue weighted by Crippen LogP contribution is 2.36. The second kappa shape index (κ2) is 14.4. The van der Waals surface area contributed by atoms with Crippen molar-refractivity contribution in [2.75, 3.05) is 13.7 Å². The van der Waals surface area contributed by atoms with Crippen LogP contribution in [-0.2, 0) is 16.1 Å². The zero-order chi connectivity index (χ0) is 33.8. The maximum absolute atomic E-state index is 14.1. The van der Waals surface area contributed by atoms with Gasteiger partial charge in [-0.15, -0.1) is 0 Å². The van der Waals surface area contributed by atoms with E-state index in [9.17, 15) is 14.4 Å². The van der Waals surface area contributed by atoms with Gasteiger partial charge in [-0.3, -0.25) is 9.36 Å². The van der Waals surface area contributed by atoms with Gasteiger partial charge in [-0.1, -0.05) is 35.6 Å². The van der Waals surface area contributed by atoms with Crippen LogP contribution < -0.4 is 29.1 Å². The lowest BCUT2D eigenvalue weighted by molar-refractivity contribution is -0.139. The highest BCUT2D eigenvalue weighted by molar-refractivity contribution is 9.10. The molecule has 10 nitrogen and oxygen atoms in total. The molecule has 0 amide bonds. The number of carboxylic acids is 1. The number of thiazole rings is 1. The number of carboxylic acid groups (broad SMARTS) is 1. The van der Waals surface area contributed by atoms with Crippen LogP contribution in [0.3, 0.4) is 0 Å². The molecule has 1 N–H and O–H groups in total. The number of hydrogen-bond donors (Lipinski definition) is 1. The summed E-state index contributed by atoms with van der Waals surface area (Å²) in [6.07, 6.45) is 1.69. The van der Waals surface area contributed by atoms with Crippen molar-refractivity contribution in [1.29, 1.82) is 0 Å². The molecule has 0 fully saturated rings. The molecule has 2 heterocycles. The Kier molecular flexibility index (Phi) is 10.3. The average molecular weight is 722 g/mol. The van der Waals surface area contributed by atoms with E-state index in [1.807, 2.05) is 32.0 Å². The Balaban J connectivity index is 1.51. The molecule has 5 rings (SSSR count). The maximum Gasteiger partial charge on any atom is 0.338 e. The maximum atomic E-state index is 14.1. The summed E-state index contributed by atoms with van der Waals surface area (Å²) in [4.78, 5) is 43.5. The van der Waals surface area contributed by atoms with Crippen molar-refractivity contribution < 1.29 is 33.6 Å². The fourth-order valence-corrected chi connectivity index (χ4v) is 6.65. The fraction of sp³-hybridized carbons (Fsp3) is 0.257. The summed E-state index contributed by atoms with van der Waals surface area (Å²) in [6.45, 7) is 7.71. The Morgan fingerprint density at radius 1 is 1.06 bits per heavy atom. The molecule has 244 valence electrons. The van der Waals surface area contributed by atoms with Crippen LogP contribution in [0.1, 0.15) is 60.8 Å². The Bertz CT molecular complexity index is 2050. The zero-order valence-corrected chi connectivity index (χ0v) is 28.8. The van der Waals surface area contributed by atoms with E-state index in [0.717, 1.165) is 11.1 Å². The number of ether oxygens (including phenoxy) is 4. The van der Waals surface area contributed by atoms with E-state index in [4.69, 9.17) is 24.1 Å². The zero-order valence-electron chi connectivity index (χ0n) is 26.4. The van der Waals surface area contributed by atoms with Gasteiger partial charge in [0, 0.05) is 0 Å². The second-order valence-electron chi connectivity index (χ2n) is 10.9. The highest BCUT2D eigenvalue weighted by Gasteiger charge is 2.34. The van der Waals surface area contributed by atoms with E-state index in [-0.39, 0.29) is 36.0 Å². The normalized spacial score (nSPS) is 14.4. The molecule has 47 heavy (non-hydrogen) atoms. The van der Waals surface area contributed by atoms with Crippen LogP contribution in [0.15, 0.2) is 86.2 Å². The summed E-state index contributed by atoms with van der Waals surface area (Å²) in [5.41, 5.74) is 2.84.